The van der Waals surface area contributed by atoms with Crippen molar-refractivity contribution in [1.29, 1.82) is 0 Å². The van der Waals surface area contributed by atoms with Crippen LogP contribution in [0.3, 0.4) is 0 Å². The van der Waals surface area contributed by atoms with E-state index in [2.05, 4.69) is 48.7 Å². The van der Waals surface area contributed by atoms with Gasteiger partial charge in [-0.25, -0.2) is 0 Å². The van der Waals surface area contributed by atoms with Crippen molar-refractivity contribution < 1.29 is 4.79 Å². The fraction of sp³-hybridized carbons (Fsp3) is 0.235. The number of benzene rings is 2. The molecule has 0 aliphatic carbocycles. The van der Waals surface area contributed by atoms with Gasteiger partial charge in [-0.05, 0) is 37.1 Å². The number of halogens is 1. The smallest absolute Gasteiger partial charge is 0.228 e. The number of anilines is 2. The Morgan fingerprint density at radius 1 is 1.24 bits per heavy atom. The number of nitrogens with one attached hydrogen (secondary N) is 2. The SMILES string of the molecule is Cc1ccc(C(C)Nc2cc3c(cc2Cl)NC(=O)C3)cc1. The molecule has 2 aromatic rings. The number of hydrogen-bond donors (Lipinski definition) is 2. The van der Waals surface area contributed by atoms with Gasteiger partial charge in [0.05, 0.1) is 17.1 Å². The highest BCUT2D eigenvalue weighted by atomic mass is 35.5. The van der Waals surface area contributed by atoms with Crippen LogP contribution >= 0.6 is 11.6 Å². The van der Waals surface area contributed by atoms with E-state index < -0.39 is 0 Å². The zero-order chi connectivity index (χ0) is 15.0. The maximum Gasteiger partial charge on any atom is 0.228 e. The molecule has 1 atom stereocenters. The van der Waals surface area contributed by atoms with Crippen molar-refractivity contribution in [3.8, 4) is 0 Å². The monoisotopic (exact) mass is 300 g/mol. The molecule has 1 unspecified atom stereocenters. The molecular formula is C17H17ClN2O. The minimum absolute atomic E-state index is 0.0183. The quantitative estimate of drug-likeness (QED) is 0.886. The van der Waals surface area contributed by atoms with Gasteiger partial charge in [0.25, 0.3) is 0 Å². The number of carbonyl (C=O) groups excluding carboxylic acids is 1. The first-order valence-electron chi connectivity index (χ1n) is 6.98. The fourth-order valence-corrected chi connectivity index (χ4v) is 2.75. The number of carbonyl (C=O) groups is 1. The van der Waals surface area contributed by atoms with Gasteiger partial charge < -0.3 is 10.6 Å². The second-order valence-corrected chi connectivity index (χ2v) is 5.90. The lowest BCUT2D eigenvalue weighted by atomic mass is 10.1. The number of rotatable bonds is 3. The molecule has 0 spiro atoms. The lowest BCUT2D eigenvalue weighted by Crippen LogP contribution is -2.07. The molecule has 0 bridgehead atoms. The van der Waals surface area contributed by atoms with Gasteiger partial charge in [-0.3, -0.25) is 4.79 Å². The van der Waals surface area contributed by atoms with E-state index in [0.717, 1.165) is 16.9 Å². The van der Waals surface area contributed by atoms with Crippen LogP contribution in [0.5, 0.6) is 0 Å². The van der Waals surface area contributed by atoms with Gasteiger partial charge in [0, 0.05) is 11.7 Å². The van der Waals surface area contributed by atoms with Gasteiger partial charge in [0.2, 0.25) is 5.91 Å². The minimum atomic E-state index is 0.0183. The third kappa shape index (κ3) is 2.88. The molecule has 0 aromatic heterocycles. The highest BCUT2D eigenvalue weighted by Gasteiger charge is 2.20. The molecule has 21 heavy (non-hydrogen) atoms. The molecule has 0 fully saturated rings. The first kappa shape index (κ1) is 14.0. The zero-order valence-corrected chi connectivity index (χ0v) is 12.8. The van der Waals surface area contributed by atoms with Crippen molar-refractivity contribution in [3.05, 3.63) is 58.1 Å². The molecule has 1 aliphatic heterocycles. The highest BCUT2D eigenvalue weighted by molar-refractivity contribution is 6.33. The van der Waals surface area contributed by atoms with Crippen molar-refractivity contribution in [2.75, 3.05) is 10.6 Å². The van der Waals surface area contributed by atoms with Crippen molar-refractivity contribution in [2.45, 2.75) is 26.3 Å². The molecule has 1 amide bonds. The third-order valence-electron chi connectivity index (χ3n) is 3.77. The molecule has 4 heteroatoms. The van der Waals surface area contributed by atoms with E-state index in [-0.39, 0.29) is 11.9 Å². The van der Waals surface area contributed by atoms with E-state index in [1.54, 1.807) is 0 Å². The van der Waals surface area contributed by atoms with Crippen molar-refractivity contribution in [3.63, 3.8) is 0 Å². The lowest BCUT2D eigenvalue weighted by Gasteiger charge is -2.18. The summed E-state index contributed by atoms with van der Waals surface area (Å²) >= 11 is 6.30. The van der Waals surface area contributed by atoms with Crippen molar-refractivity contribution in [2.24, 2.45) is 0 Å². The maximum atomic E-state index is 11.4. The normalized spacial score (nSPS) is 14.5. The second-order valence-electron chi connectivity index (χ2n) is 5.49. The summed E-state index contributed by atoms with van der Waals surface area (Å²) in [5.74, 6) is 0.0183. The molecule has 108 valence electrons. The Labute approximate surface area is 129 Å². The minimum Gasteiger partial charge on any atom is -0.377 e. The molecule has 3 rings (SSSR count). The Kier molecular flexibility index (Phi) is 3.60. The van der Waals surface area contributed by atoms with E-state index in [9.17, 15) is 4.79 Å². The van der Waals surface area contributed by atoms with Gasteiger partial charge in [-0.2, -0.15) is 0 Å². The Bertz CT molecular complexity index is 695. The van der Waals surface area contributed by atoms with Gasteiger partial charge in [0.1, 0.15) is 0 Å². The van der Waals surface area contributed by atoms with Crippen LogP contribution in [0.1, 0.15) is 29.7 Å². The second kappa shape index (κ2) is 5.41. The van der Waals surface area contributed by atoms with E-state index in [4.69, 9.17) is 11.6 Å². The van der Waals surface area contributed by atoms with Crippen LogP contribution in [0.4, 0.5) is 11.4 Å². The number of fused-ring (bicyclic) bond motifs is 1. The maximum absolute atomic E-state index is 11.4. The van der Waals surface area contributed by atoms with Crippen LogP contribution in [0.25, 0.3) is 0 Å². The fourth-order valence-electron chi connectivity index (χ4n) is 2.53. The van der Waals surface area contributed by atoms with E-state index >= 15 is 0 Å². The molecule has 3 nitrogen and oxygen atoms in total. The van der Waals surface area contributed by atoms with Gasteiger partial charge in [-0.15, -0.1) is 0 Å². The highest BCUT2D eigenvalue weighted by Crippen LogP contribution is 2.34. The standard InChI is InChI=1S/C17H17ClN2O/c1-10-3-5-12(6-4-10)11(2)19-16-7-13-8-17(21)20-15(13)9-14(16)18/h3-7,9,11,19H,8H2,1-2H3,(H,20,21). The Morgan fingerprint density at radius 3 is 2.67 bits per heavy atom. The first-order valence-corrected chi connectivity index (χ1v) is 7.36. The average molecular weight is 301 g/mol. The topological polar surface area (TPSA) is 41.1 Å². The summed E-state index contributed by atoms with van der Waals surface area (Å²) in [5.41, 5.74) is 5.11. The summed E-state index contributed by atoms with van der Waals surface area (Å²) in [7, 11) is 0. The predicted molar refractivity (Wildman–Crippen MR) is 87.0 cm³/mol. The number of amides is 1. The van der Waals surface area contributed by atoms with Crippen LogP contribution in [0.2, 0.25) is 5.02 Å². The summed E-state index contributed by atoms with van der Waals surface area (Å²) in [6.07, 6.45) is 0.417. The van der Waals surface area contributed by atoms with Crippen molar-refractivity contribution in [1.82, 2.24) is 0 Å². The van der Waals surface area contributed by atoms with Crippen LogP contribution in [-0.4, -0.2) is 5.91 Å². The van der Waals surface area contributed by atoms with Crippen LogP contribution in [-0.2, 0) is 11.2 Å². The zero-order valence-electron chi connectivity index (χ0n) is 12.0. The largest absolute Gasteiger partial charge is 0.377 e. The molecule has 1 aliphatic rings. The number of hydrogen-bond acceptors (Lipinski definition) is 2. The third-order valence-corrected chi connectivity index (χ3v) is 4.08. The summed E-state index contributed by atoms with van der Waals surface area (Å²) < 4.78 is 0. The van der Waals surface area contributed by atoms with E-state index in [1.165, 1.54) is 11.1 Å². The lowest BCUT2D eigenvalue weighted by molar-refractivity contribution is -0.115. The number of aryl methyl sites for hydroxylation is 1. The molecule has 1 heterocycles. The van der Waals surface area contributed by atoms with Gasteiger partial charge in [0.15, 0.2) is 0 Å². The van der Waals surface area contributed by atoms with Crippen molar-refractivity contribution >= 4 is 28.9 Å². The Balaban J connectivity index is 1.83. The summed E-state index contributed by atoms with van der Waals surface area (Å²) in [4.78, 5) is 11.4. The average Bonchev–Trinajstić information content (AvgIpc) is 2.79. The van der Waals surface area contributed by atoms with Gasteiger partial charge in [-0.1, -0.05) is 41.4 Å². The van der Waals surface area contributed by atoms with Crippen LogP contribution < -0.4 is 10.6 Å². The molecule has 0 radical (unpaired) electrons. The predicted octanol–water partition coefficient (Wildman–Crippen LogP) is 4.32. The van der Waals surface area contributed by atoms with E-state index in [0.29, 0.717) is 11.4 Å². The molecule has 2 aromatic carbocycles. The molecule has 0 saturated heterocycles. The van der Waals surface area contributed by atoms with Gasteiger partial charge >= 0.3 is 0 Å². The Morgan fingerprint density at radius 2 is 1.95 bits per heavy atom. The summed E-state index contributed by atoms with van der Waals surface area (Å²) in [6, 6.07) is 12.3. The van der Waals surface area contributed by atoms with E-state index in [1.807, 2.05) is 12.1 Å². The molecular weight excluding hydrogens is 284 g/mol. The summed E-state index contributed by atoms with van der Waals surface area (Å²) in [6.45, 7) is 4.17. The first-order chi connectivity index (χ1) is 10.0. The van der Waals surface area contributed by atoms with Crippen LogP contribution in [0, 0.1) is 6.92 Å². The molecule has 0 saturated carbocycles. The summed E-state index contributed by atoms with van der Waals surface area (Å²) in [5, 5.41) is 6.85. The Hall–Kier alpha value is -2.00. The van der Waals surface area contributed by atoms with Crippen LogP contribution in [0.15, 0.2) is 36.4 Å². The molecule has 2 N–H and O–H groups in total.